The van der Waals surface area contributed by atoms with E-state index < -0.39 is 22.0 Å². The molecular weight excluding hydrogens is 372 g/mol. The molecule has 26 heavy (non-hydrogen) atoms. The lowest BCUT2D eigenvalue weighted by atomic mass is 10.1. The third-order valence-electron chi connectivity index (χ3n) is 4.44. The fourth-order valence-electron chi connectivity index (χ4n) is 3.26. The van der Waals surface area contributed by atoms with Gasteiger partial charge in [0.15, 0.2) is 0 Å². The first-order valence-electron chi connectivity index (χ1n) is 8.02. The Morgan fingerprint density at radius 3 is 2.50 bits per heavy atom. The van der Waals surface area contributed by atoms with Crippen LogP contribution < -0.4 is 9.62 Å². The van der Waals surface area contributed by atoms with Crippen molar-refractivity contribution in [3.8, 4) is 0 Å². The molecule has 1 atom stereocenters. The topological polar surface area (TPSA) is 66.5 Å². The molecule has 0 unspecified atom stereocenters. The number of carbonyl (C=O) groups is 1. The Kier molecular flexibility index (Phi) is 3.89. The van der Waals surface area contributed by atoms with Crippen LogP contribution in [0.2, 0.25) is 5.02 Å². The van der Waals surface area contributed by atoms with E-state index in [1.165, 1.54) is 4.31 Å². The summed E-state index contributed by atoms with van der Waals surface area (Å²) >= 11 is 5.94. The summed E-state index contributed by atoms with van der Waals surface area (Å²) < 4.78 is 27.3. The van der Waals surface area contributed by atoms with Crippen LogP contribution in [0.25, 0.3) is 10.8 Å². The van der Waals surface area contributed by atoms with E-state index in [1.54, 1.807) is 55.5 Å². The van der Waals surface area contributed by atoms with Gasteiger partial charge in [-0.05, 0) is 42.6 Å². The summed E-state index contributed by atoms with van der Waals surface area (Å²) in [5.74, 6) is -0.430. The Balaban J connectivity index is 1.74. The number of hydrogen-bond acceptors (Lipinski definition) is 3. The Bertz CT molecular complexity index is 1140. The molecule has 3 aromatic rings. The van der Waals surface area contributed by atoms with Crippen molar-refractivity contribution in [1.29, 1.82) is 0 Å². The molecule has 1 heterocycles. The van der Waals surface area contributed by atoms with Crippen molar-refractivity contribution in [3.63, 3.8) is 0 Å². The molecular formula is C19H15ClN2O3S. The summed E-state index contributed by atoms with van der Waals surface area (Å²) in [6.07, 6.45) is 0. The van der Waals surface area contributed by atoms with Crippen LogP contribution >= 0.6 is 11.6 Å². The highest BCUT2D eigenvalue weighted by Gasteiger charge is 2.40. The lowest BCUT2D eigenvalue weighted by molar-refractivity contribution is -0.116. The van der Waals surface area contributed by atoms with E-state index in [0.717, 1.165) is 5.39 Å². The number of hydrogen-bond donors (Lipinski definition) is 1. The van der Waals surface area contributed by atoms with Crippen LogP contribution in [0.15, 0.2) is 65.6 Å². The summed E-state index contributed by atoms with van der Waals surface area (Å²) in [5.41, 5.74) is 1.04. The first-order valence-corrected chi connectivity index (χ1v) is 9.84. The fraction of sp³-hybridized carbons (Fsp3) is 0.105. The van der Waals surface area contributed by atoms with Gasteiger partial charge in [0.05, 0.1) is 10.6 Å². The number of anilines is 2. The predicted octanol–water partition coefficient (Wildman–Crippen LogP) is 4.03. The molecule has 7 heteroatoms. The maximum atomic E-state index is 13.0. The molecule has 0 saturated heterocycles. The minimum absolute atomic E-state index is 0.230. The highest BCUT2D eigenvalue weighted by Crippen LogP contribution is 2.43. The molecule has 0 aliphatic carbocycles. The van der Waals surface area contributed by atoms with Crippen LogP contribution in [-0.2, 0) is 14.8 Å². The Morgan fingerprint density at radius 1 is 1.08 bits per heavy atom. The van der Waals surface area contributed by atoms with E-state index in [-0.39, 0.29) is 4.90 Å². The van der Waals surface area contributed by atoms with Gasteiger partial charge in [0, 0.05) is 16.1 Å². The van der Waals surface area contributed by atoms with Crippen LogP contribution in [0.4, 0.5) is 11.4 Å². The van der Waals surface area contributed by atoms with Crippen LogP contribution in [0, 0.1) is 0 Å². The molecule has 0 saturated carbocycles. The van der Waals surface area contributed by atoms with Gasteiger partial charge in [-0.2, -0.15) is 0 Å². The largest absolute Gasteiger partial charge is 0.324 e. The zero-order valence-corrected chi connectivity index (χ0v) is 15.4. The smallest absolute Gasteiger partial charge is 0.265 e. The van der Waals surface area contributed by atoms with Crippen LogP contribution in [-0.4, -0.2) is 20.4 Å². The number of halogens is 1. The summed E-state index contributed by atoms with van der Waals surface area (Å²) in [5, 5.41) is 4.69. The summed E-state index contributed by atoms with van der Waals surface area (Å²) in [6.45, 7) is 1.57. The lowest BCUT2D eigenvalue weighted by Crippen LogP contribution is -2.43. The molecule has 0 fully saturated rings. The predicted molar refractivity (Wildman–Crippen MR) is 103 cm³/mol. The summed E-state index contributed by atoms with van der Waals surface area (Å²) in [4.78, 5) is 12.9. The maximum Gasteiger partial charge on any atom is 0.265 e. The van der Waals surface area contributed by atoms with Gasteiger partial charge in [-0.25, -0.2) is 8.42 Å². The molecule has 132 valence electrons. The number of nitrogens with one attached hydrogen (secondary N) is 1. The Hall–Kier alpha value is -2.57. The van der Waals surface area contributed by atoms with Crippen molar-refractivity contribution in [2.24, 2.45) is 0 Å². The van der Waals surface area contributed by atoms with Gasteiger partial charge in [0.2, 0.25) is 5.91 Å². The van der Waals surface area contributed by atoms with E-state index in [2.05, 4.69) is 5.32 Å². The molecule has 0 bridgehead atoms. The molecule has 0 radical (unpaired) electrons. The first-order chi connectivity index (χ1) is 12.4. The molecule has 1 aliphatic rings. The van der Waals surface area contributed by atoms with E-state index in [0.29, 0.717) is 21.8 Å². The first kappa shape index (κ1) is 16.9. The Labute approximate surface area is 156 Å². The van der Waals surface area contributed by atoms with Gasteiger partial charge in [0.25, 0.3) is 10.0 Å². The number of sulfonamides is 1. The van der Waals surface area contributed by atoms with Crippen molar-refractivity contribution in [2.75, 3.05) is 9.62 Å². The normalized spacial score (nSPS) is 15.8. The molecule has 0 spiro atoms. The van der Waals surface area contributed by atoms with Crippen molar-refractivity contribution >= 4 is 49.7 Å². The van der Waals surface area contributed by atoms with Gasteiger partial charge in [0.1, 0.15) is 6.04 Å². The molecule has 1 N–H and O–H groups in total. The zero-order chi connectivity index (χ0) is 18.5. The van der Waals surface area contributed by atoms with Gasteiger partial charge >= 0.3 is 0 Å². The molecule has 1 aliphatic heterocycles. The molecule has 3 aromatic carbocycles. The van der Waals surface area contributed by atoms with Crippen molar-refractivity contribution < 1.29 is 13.2 Å². The van der Waals surface area contributed by atoms with E-state index in [1.807, 2.05) is 12.1 Å². The van der Waals surface area contributed by atoms with E-state index in [9.17, 15) is 13.2 Å². The second kappa shape index (κ2) is 6.00. The van der Waals surface area contributed by atoms with Crippen molar-refractivity contribution in [2.45, 2.75) is 17.9 Å². The average Bonchev–Trinajstić information content (AvgIpc) is 2.83. The second-order valence-electron chi connectivity index (χ2n) is 6.11. The zero-order valence-electron chi connectivity index (χ0n) is 13.8. The minimum atomic E-state index is -3.80. The second-order valence-corrected chi connectivity index (χ2v) is 8.33. The molecule has 1 amide bonds. The Morgan fingerprint density at radius 2 is 1.77 bits per heavy atom. The van der Waals surface area contributed by atoms with Gasteiger partial charge < -0.3 is 5.32 Å². The van der Waals surface area contributed by atoms with Gasteiger partial charge in [-0.15, -0.1) is 0 Å². The number of benzene rings is 3. The molecule has 4 rings (SSSR count). The monoisotopic (exact) mass is 386 g/mol. The van der Waals surface area contributed by atoms with Crippen molar-refractivity contribution in [3.05, 3.63) is 65.7 Å². The van der Waals surface area contributed by atoms with Crippen LogP contribution in [0.3, 0.4) is 0 Å². The highest BCUT2D eigenvalue weighted by molar-refractivity contribution is 7.93. The van der Waals surface area contributed by atoms with Gasteiger partial charge in [-0.1, -0.05) is 41.9 Å². The summed E-state index contributed by atoms with van der Waals surface area (Å²) in [6, 6.07) is 16.3. The third-order valence-corrected chi connectivity index (χ3v) is 6.60. The average molecular weight is 387 g/mol. The number of amides is 1. The van der Waals surface area contributed by atoms with E-state index in [4.69, 9.17) is 11.6 Å². The quantitative estimate of drug-likeness (QED) is 0.739. The number of nitrogens with zero attached hydrogens (tertiary/aromatic N) is 1. The fourth-order valence-corrected chi connectivity index (χ4v) is 5.31. The molecule has 0 aromatic heterocycles. The standard InChI is InChI=1S/C19H15ClN2O3S/c1-12(19(23)21-15-8-4-7-14(20)11-15)22-16-9-2-5-13-6-3-10-17(18(13)16)26(22,24)25/h2-12H,1H3,(H,21,23)/t12-/m1/s1. The van der Waals surface area contributed by atoms with Gasteiger partial charge in [-0.3, -0.25) is 9.10 Å². The minimum Gasteiger partial charge on any atom is -0.324 e. The SMILES string of the molecule is C[C@H](C(=O)Nc1cccc(Cl)c1)N1c2cccc3cccc(c23)S1(=O)=O. The van der Waals surface area contributed by atoms with Crippen molar-refractivity contribution in [1.82, 2.24) is 0 Å². The summed E-state index contributed by atoms with van der Waals surface area (Å²) in [7, 11) is -3.80. The van der Waals surface area contributed by atoms with Crippen LogP contribution in [0.5, 0.6) is 0 Å². The highest BCUT2D eigenvalue weighted by atomic mass is 35.5. The molecule has 5 nitrogen and oxygen atoms in total. The maximum absolute atomic E-state index is 13.0. The number of carbonyl (C=O) groups excluding carboxylic acids is 1. The van der Waals surface area contributed by atoms with E-state index >= 15 is 0 Å². The van der Waals surface area contributed by atoms with Crippen LogP contribution in [0.1, 0.15) is 6.92 Å². The lowest BCUT2D eigenvalue weighted by Gasteiger charge is -2.25. The number of rotatable bonds is 3. The third kappa shape index (κ3) is 2.53.